The van der Waals surface area contributed by atoms with Crippen LogP contribution in [0.1, 0.15) is 6.42 Å². The molecule has 0 spiro atoms. The second kappa shape index (κ2) is 5.65. The molecule has 9 nitrogen and oxygen atoms in total. The van der Waals surface area contributed by atoms with E-state index < -0.39 is 23.1 Å². The van der Waals surface area contributed by atoms with E-state index in [9.17, 15) is 29.6 Å². The number of allylic oxidation sites excluding steroid dienone is 2. The van der Waals surface area contributed by atoms with Crippen molar-refractivity contribution >= 4 is 29.1 Å². The number of phenolic OH excluding ortho intramolecular Hbond substituents is 1. The topological polar surface area (TPSA) is 130 Å². The third kappa shape index (κ3) is 2.35. The molecule has 4 rings (SSSR count). The number of fused-ring (bicyclic) bond motifs is 5. The first-order valence-electron chi connectivity index (χ1n) is 8.17. The highest BCUT2D eigenvalue weighted by Gasteiger charge is 2.59. The molecule has 2 fully saturated rings. The van der Waals surface area contributed by atoms with Crippen molar-refractivity contribution in [3.8, 4) is 5.75 Å². The first kappa shape index (κ1) is 16.2. The Morgan fingerprint density at radius 3 is 2.38 bits per heavy atom. The number of non-ortho nitro benzene ring substituents is 1. The minimum Gasteiger partial charge on any atom is -0.506 e. The molecule has 26 heavy (non-hydrogen) atoms. The van der Waals surface area contributed by atoms with E-state index in [4.69, 9.17) is 0 Å². The molecule has 4 atom stereocenters. The van der Waals surface area contributed by atoms with Crippen LogP contribution in [-0.4, -0.2) is 39.2 Å². The van der Waals surface area contributed by atoms with Crippen molar-refractivity contribution in [3.05, 3.63) is 40.5 Å². The number of nitrogens with one attached hydrogen (secondary N) is 1. The number of nitro groups is 1. The Hall–Kier alpha value is -3.23. The number of carbonyl (C=O) groups excluding carboxylic acids is 3. The van der Waals surface area contributed by atoms with Gasteiger partial charge in [0.2, 0.25) is 17.7 Å². The number of anilines is 1. The normalized spacial score (nSPS) is 28.5. The van der Waals surface area contributed by atoms with Crippen molar-refractivity contribution in [2.75, 3.05) is 11.9 Å². The number of nitro benzene ring substituents is 1. The maximum absolute atomic E-state index is 12.5. The summed E-state index contributed by atoms with van der Waals surface area (Å²) in [7, 11) is 0. The molecule has 0 unspecified atom stereocenters. The van der Waals surface area contributed by atoms with E-state index >= 15 is 0 Å². The smallest absolute Gasteiger partial charge is 0.273 e. The number of benzene rings is 1. The second-order valence-corrected chi connectivity index (χ2v) is 6.77. The van der Waals surface area contributed by atoms with Crippen LogP contribution in [-0.2, 0) is 14.4 Å². The molecule has 1 aliphatic heterocycles. The summed E-state index contributed by atoms with van der Waals surface area (Å²) in [6.45, 7) is -0.444. The Morgan fingerprint density at radius 1 is 1.23 bits per heavy atom. The summed E-state index contributed by atoms with van der Waals surface area (Å²) < 4.78 is 0. The number of hydrogen-bond acceptors (Lipinski definition) is 6. The van der Waals surface area contributed by atoms with Gasteiger partial charge in [0, 0.05) is 6.07 Å². The molecule has 1 saturated carbocycles. The van der Waals surface area contributed by atoms with Crippen molar-refractivity contribution in [3.63, 3.8) is 0 Å². The SMILES string of the molecule is O=C(CN1C(=O)[C@@H]2[C@H](C1=O)[C@@H]1C=C[C@@H]2C1)Nc1ccc([N+](=O)[O-])cc1O. The number of nitrogens with zero attached hydrogens (tertiary/aromatic N) is 2. The zero-order chi connectivity index (χ0) is 18.6. The Labute approximate surface area is 147 Å². The van der Waals surface area contributed by atoms with Gasteiger partial charge in [-0.3, -0.25) is 29.4 Å². The molecule has 2 N–H and O–H groups in total. The van der Waals surface area contributed by atoms with Crippen molar-refractivity contribution in [2.45, 2.75) is 6.42 Å². The standard InChI is InChI=1S/C17H15N3O6/c21-12-6-10(20(25)26)3-4-11(12)18-13(22)7-19-16(23)14-8-1-2-9(5-8)15(14)17(19)24/h1-4,6,8-9,14-15,21H,5,7H2,(H,18,22)/t8-,9-,14-,15+/m1/s1. The quantitative estimate of drug-likeness (QED) is 0.272. The summed E-state index contributed by atoms with van der Waals surface area (Å²) in [5.41, 5.74) is -0.345. The van der Waals surface area contributed by atoms with Gasteiger partial charge in [-0.05, 0) is 24.3 Å². The lowest BCUT2D eigenvalue weighted by Gasteiger charge is -2.17. The zero-order valence-corrected chi connectivity index (χ0v) is 13.5. The van der Waals surface area contributed by atoms with Gasteiger partial charge in [0.15, 0.2) is 0 Å². The Balaban J connectivity index is 1.45. The number of likely N-dealkylation sites (tertiary alicyclic amines) is 1. The van der Waals surface area contributed by atoms with E-state index in [2.05, 4.69) is 5.32 Å². The Bertz CT molecular complexity index is 849. The largest absolute Gasteiger partial charge is 0.506 e. The number of rotatable bonds is 4. The van der Waals surface area contributed by atoms with E-state index in [1.165, 1.54) is 6.07 Å². The van der Waals surface area contributed by atoms with Crippen LogP contribution in [0.5, 0.6) is 5.75 Å². The summed E-state index contributed by atoms with van der Waals surface area (Å²) >= 11 is 0. The predicted molar refractivity (Wildman–Crippen MR) is 87.8 cm³/mol. The van der Waals surface area contributed by atoms with Gasteiger partial charge in [-0.25, -0.2) is 0 Å². The van der Waals surface area contributed by atoms with Crippen molar-refractivity contribution < 1.29 is 24.4 Å². The summed E-state index contributed by atoms with van der Waals surface area (Å²) in [6, 6.07) is 3.24. The molecule has 3 aliphatic rings. The summed E-state index contributed by atoms with van der Waals surface area (Å²) in [4.78, 5) is 48.2. The van der Waals surface area contributed by atoms with Gasteiger partial charge >= 0.3 is 0 Å². The third-order valence-corrected chi connectivity index (χ3v) is 5.33. The van der Waals surface area contributed by atoms with Crippen LogP contribution in [0.4, 0.5) is 11.4 Å². The molecule has 3 amide bonds. The first-order valence-corrected chi connectivity index (χ1v) is 8.17. The van der Waals surface area contributed by atoms with Gasteiger partial charge in [-0.15, -0.1) is 0 Å². The van der Waals surface area contributed by atoms with Crippen LogP contribution < -0.4 is 5.32 Å². The van der Waals surface area contributed by atoms with Crippen LogP contribution in [0.25, 0.3) is 0 Å². The average Bonchev–Trinajstić information content (AvgIpc) is 3.26. The van der Waals surface area contributed by atoms with E-state index in [0.717, 1.165) is 23.5 Å². The molecule has 9 heteroatoms. The fourth-order valence-corrected chi connectivity index (χ4v) is 4.19. The fraction of sp³-hybridized carbons (Fsp3) is 0.353. The molecule has 134 valence electrons. The number of hydrogen-bond donors (Lipinski definition) is 2. The average molecular weight is 357 g/mol. The Morgan fingerprint density at radius 2 is 1.85 bits per heavy atom. The van der Waals surface area contributed by atoms with Crippen molar-refractivity contribution in [2.24, 2.45) is 23.7 Å². The monoisotopic (exact) mass is 357 g/mol. The van der Waals surface area contributed by atoms with Gasteiger partial charge in [0.25, 0.3) is 5.69 Å². The molecule has 2 bridgehead atoms. The lowest BCUT2D eigenvalue weighted by Crippen LogP contribution is -2.39. The molecule has 1 saturated heterocycles. The van der Waals surface area contributed by atoms with Gasteiger partial charge in [0.05, 0.1) is 28.5 Å². The minimum atomic E-state index is -0.673. The highest BCUT2D eigenvalue weighted by molar-refractivity contribution is 6.09. The number of imide groups is 1. The predicted octanol–water partition coefficient (Wildman–Crippen LogP) is 1.05. The maximum atomic E-state index is 12.5. The number of amides is 3. The highest BCUT2D eigenvalue weighted by Crippen LogP contribution is 2.52. The molecule has 0 radical (unpaired) electrons. The number of phenols is 1. The molecule has 1 aromatic carbocycles. The lowest BCUT2D eigenvalue weighted by atomic mass is 9.85. The Kier molecular flexibility index (Phi) is 3.53. The molecular weight excluding hydrogens is 342 g/mol. The van der Waals surface area contributed by atoms with Gasteiger partial charge in [-0.1, -0.05) is 12.2 Å². The molecule has 0 aromatic heterocycles. The molecule has 2 aliphatic carbocycles. The molecule has 1 heterocycles. The minimum absolute atomic E-state index is 0.0263. The van der Waals surface area contributed by atoms with Crippen LogP contribution in [0.3, 0.4) is 0 Å². The summed E-state index contributed by atoms with van der Waals surface area (Å²) in [6.07, 6.45) is 4.74. The third-order valence-electron chi connectivity index (χ3n) is 5.33. The zero-order valence-electron chi connectivity index (χ0n) is 13.5. The van der Waals surface area contributed by atoms with E-state index in [1.807, 2.05) is 12.2 Å². The van der Waals surface area contributed by atoms with E-state index in [0.29, 0.717) is 0 Å². The van der Waals surface area contributed by atoms with Gasteiger partial charge < -0.3 is 10.4 Å². The summed E-state index contributed by atoms with van der Waals surface area (Å²) in [5.74, 6) is -2.42. The van der Waals surface area contributed by atoms with Gasteiger partial charge in [0.1, 0.15) is 12.3 Å². The van der Waals surface area contributed by atoms with Crippen molar-refractivity contribution in [1.82, 2.24) is 4.90 Å². The van der Waals surface area contributed by atoms with E-state index in [-0.39, 0.29) is 46.9 Å². The van der Waals surface area contributed by atoms with Crippen LogP contribution >= 0.6 is 0 Å². The maximum Gasteiger partial charge on any atom is 0.273 e. The van der Waals surface area contributed by atoms with Crippen LogP contribution in [0.2, 0.25) is 0 Å². The lowest BCUT2D eigenvalue weighted by molar-refractivity contribution is -0.384. The van der Waals surface area contributed by atoms with Gasteiger partial charge in [-0.2, -0.15) is 0 Å². The fourth-order valence-electron chi connectivity index (χ4n) is 4.19. The highest BCUT2D eigenvalue weighted by atomic mass is 16.6. The number of carbonyl (C=O) groups is 3. The second-order valence-electron chi connectivity index (χ2n) is 6.77. The van der Waals surface area contributed by atoms with E-state index in [1.54, 1.807) is 0 Å². The first-order chi connectivity index (χ1) is 12.4. The summed E-state index contributed by atoms with van der Waals surface area (Å²) in [5, 5.41) is 22.8. The molecule has 1 aromatic rings. The number of aromatic hydroxyl groups is 1. The van der Waals surface area contributed by atoms with Crippen LogP contribution in [0, 0.1) is 33.8 Å². The molecular formula is C17H15N3O6. The van der Waals surface area contributed by atoms with Crippen LogP contribution in [0.15, 0.2) is 30.4 Å². The van der Waals surface area contributed by atoms with Crippen molar-refractivity contribution in [1.29, 1.82) is 0 Å².